The van der Waals surface area contributed by atoms with Crippen LogP contribution in [0.3, 0.4) is 0 Å². The molecule has 1 N–H and O–H groups in total. The first kappa shape index (κ1) is 12.0. The molecule has 0 aliphatic rings. The molecule has 4 heteroatoms. The Bertz CT molecular complexity index is 500. The largest absolute Gasteiger partial charge is 0.353 e. The number of hydrogen-bond donors (Lipinski definition) is 1. The molecule has 1 aromatic heterocycles. The second-order valence-corrected chi connectivity index (χ2v) is 4.79. The van der Waals surface area contributed by atoms with Gasteiger partial charge in [-0.25, -0.2) is 4.98 Å². The predicted octanol–water partition coefficient (Wildman–Crippen LogP) is 3.65. The molecule has 0 aliphatic carbocycles. The lowest BCUT2D eigenvalue weighted by Crippen LogP contribution is -2.13. The first-order valence-corrected chi connectivity index (χ1v) is 6.02. The quantitative estimate of drug-likeness (QED) is 0.900. The lowest BCUT2D eigenvalue weighted by atomic mass is 10.3. The summed E-state index contributed by atoms with van der Waals surface area (Å²) in [5.41, 5.74) is 2.04. The zero-order valence-corrected chi connectivity index (χ0v) is 11.0. The third-order valence-corrected chi connectivity index (χ3v) is 2.60. The molecule has 0 saturated carbocycles. The van der Waals surface area contributed by atoms with Gasteiger partial charge in [-0.3, -0.25) is 4.57 Å². The highest BCUT2D eigenvalue weighted by Gasteiger charge is 2.08. The van der Waals surface area contributed by atoms with Crippen molar-refractivity contribution in [2.45, 2.75) is 26.8 Å². The number of aromatic nitrogens is 2. The van der Waals surface area contributed by atoms with Gasteiger partial charge in [0.15, 0.2) is 0 Å². The van der Waals surface area contributed by atoms with Gasteiger partial charge in [0.1, 0.15) is 0 Å². The van der Waals surface area contributed by atoms with Crippen LogP contribution in [0.1, 0.15) is 19.5 Å². The van der Waals surface area contributed by atoms with Crippen molar-refractivity contribution in [3.05, 3.63) is 41.2 Å². The van der Waals surface area contributed by atoms with E-state index in [1.807, 2.05) is 42.0 Å². The van der Waals surface area contributed by atoms with Crippen LogP contribution in [0.5, 0.6) is 0 Å². The minimum atomic E-state index is 0.350. The Hall–Kier alpha value is -1.48. The Kier molecular flexibility index (Phi) is 3.38. The summed E-state index contributed by atoms with van der Waals surface area (Å²) >= 11 is 5.89. The van der Waals surface area contributed by atoms with Crippen LogP contribution in [0.2, 0.25) is 5.02 Å². The first-order valence-electron chi connectivity index (χ1n) is 5.65. The maximum Gasteiger partial charge on any atom is 0.207 e. The topological polar surface area (TPSA) is 29.9 Å². The Morgan fingerprint density at radius 2 is 1.88 bits per heavy atom. The lowest BCUT2D eigenvalue weighted by molar-refractivity contribution is 0.864. The summed E-state index contributed by atoms with van der Waals surface area (Å²) in [5.74, 6) is 0.861. The van der Waals surface area contributed by atoms with Crippen LogP contribution in [-0.4, -0.2) is 15.6 Å². The van der Waals surface area contributed by atoms with Crippen LogP contribution in [0.15, 0.2) is 30.5 Å². The molecule has 2 aromatic rings. The van der Waals surface area contributed by atoms with E-state index in [4.69, 9.17) is 11.6 Å². The highest BCUT2D eigenvalue weighted by molar-refractivity contribution is 6.30. The zero-order chi connectivity index (χ0) is 12.4. The molecule has 2 rings (SSSR count). The molecule has 1 heterocycles. The van der Waals surface area contributed by atoms with Crippen LogP contribution < -0.4 is 5.32 Å². The van der Waals surface area contributed by atoms with Crippen LogP contribution >= 0.6 is 11.6 Å². The van der Waals surface area contributed by atoms with E-state index in [1.54, 1.807) is 0 Å². The summed E-state index contributed by atoms with van der Waals surface area (Å²) in [6, 6.07) is 8.07. The van der Waals surface area contributed by atoms with E-state index in [0.717, 1.165) is 22.4 Å². The van der Waals surface area contributed by atoms with Gasteiger partial charge in [0, 0.05) is 22.9 Å². The van der Waals surface area contributed by atoms with Gasteiger partial charge in [0.25, 0.3) is 0 Å². The average molecular weight is 250 g/mol. The summed E-state index contributed by atoms with van der Waals surface area (Å²) in [7, 11) is 0. The van der Waals surface area contributed by atoms with E-state index in [9.17, 15) is 0 Å². The third kappa shape index (κ3) is 2.80. The highest BCUT2D eigenvalue weighted by Crippen LogP contribution is 2.19. The molecule has 0 bridgehead atoms. The maximum absolute atomic E-state index is 5.89. The van der Waals surface area contributed by atoms with Gasteiger partial charge < -0.3 is 5.32 Å². The fraction of sp³-hybridized carbons (Fsp3) is 0.308. The lowest BCUT2D eigenvalue weighted by Gasteiger charge is -2.12. The van der Waals surface area contributed by atoms with E-state index in [0.29, 0.717) is 6.04 Å². The fourth-order valence-electron chi connectivity index (χ4n) is 1.66. The summed E-state index contributed by atoms with van der Waals surface area (Å²) in [6.07, 6.45) is 2.01. The van der Waals surface area contributed by atoms with E-state index in [1.165, 1.54) is 0 Å². The van der Waals surface area contributed by atoms with Gasteiger partial charge in [-0.15, -0.1) is 0 Å². The number of imidazole rings is 1. The monoisotopic (exact) mass is 249 g/mol. The Morgan fingerprint density at radius 1 is 1.24 bits per heavy atom. The van der Waals surface area contributed by atoms with Gasteiger partial charge in [0.05, 0.1) is 5.69 Å². The summed E-state index contributed by atoms with van der Waals surface area (Å²) in [5, 5.41) is 4.07. The molecule has 3 nitrogen and oxygen atoms in total. The van der Waals surface area contributed by atoms with Gasteiger partial charge in [0.2, 0.25) is 5.95 Å². The number of hydrogen-bond acceptors (Lipinski definition) is 2. The van der Waals surface area contributed by atoms with Crippen molar-refractivity contribution in [1.82, 2.24) is 9.55 Å². The minimum absolute atomic E-state index is 0.350. The number of aryl methyl sites for hydroxylation is 1. The first-order chi connectivity index (χ1) is 8.06. The van der Waals surface area contributed by atoms with Crippen molar-refractivity contribution in [3.8, 4) is 5.69 Å². The van der Waals surface area contributed by atoms with Crippen molar-refractivity contribution in [1.29, 1.82) is 0 Å². The van der Waals surface area contributed by atoms with Crippen LogP contribution in [0.4, 0.5) is 5.95 Å². The molecule has 0 unspecified atom stereocenters. The van der Waals surface area contributed by atoms with Gasteiger partial charge >= 0.3 is 0 Å². The standard InChI is InChI=1S/C13H16ClN3/c1-9(2)15-13-16-10(3)8-17(13)12-6-4-11(14)5-7-12/h4-9H,1-3H3,(H,15,16). The SMILES string of the molecule is Cc1cn(-c2ccc(Cl)cc2)c(NC(C)C)n1. The molecule has 0 amide bonds. The van der Waals surface area contributed by atoms with E-state index in [-0.39, 0.29) is 0 Å². The summed E-state index contributed by atoms with van der Waals surface area (Å²) in [4.78, 5) is 4.47. The number of benzene rings is 1. The van der Waals surface area contributed by atoms with E-state index >= 15 is 0 Å². The molecular weight excluding hydrogens is 234 g/mol. The Balaban J connectivity index is 2.40. The second kappa shape index (κ2) is 4.80. The highest BCUT2D eigenvalue weighted by atomic mass is 35.5. The molecule has 0 spiro atoms. The van der Waals surface area contributed by atoms with Crippen LogP contribution in [-0.2, 0) is 0 Å². The van der Waals surface area contributed by atoms with E-state index < -0.39 is 0 Å². The van der Waals surface area contributed by atoms with Gasteiger partial charge in [-0.05, 0) is 45.0 Å². The summed E-state index contributed by atoms with van der Waals surface area (Å²) < 4.78 is 2.03. The molecule has 0 fully saturated rings. The second-order valence-electron chi connectivity index (χ2n) is 4.35. The van der Waals surface area contributed by atoms with E-state index in [2.05, 4.69) is 24.1 Å². The third-order valence-electron chi connectivity index (χ3n) is 2.35. The molecule has 90 valence electrons. The minimum Gasteiger partial charge on any atom is -0.353 e. The number of nitrogens with zero attached hydrogens (tertiary/aromatic N) is 2. The number of halogens is 1. The van der Waals surface area contributed by atoms with Crippen molar-refractivity contribution >= 4 is 17.5 Å². The van der Waals surface area contributed by atoms with Crippen LogP contribution in [0, 0.1) is 6.92 Å². The fourth-order valence-corrected chi connectivity index (χ4v) is 1.78. The molecule has 0 saturated heterocycles. The van der Waals surface area contributed by atoms with Crippen molar-refractivity contribution in [2.24, 2.45) is 0 Å². The normalized spacial score (nSPS) is 10.9. The number of rotatable bonds is 3. The molecule has 0 aliphatic heterocycles. The smallest absolute Gasteiger partial charge is 0.207 e. The average Bonchev–Trinajstić information content (AvgIpc) is 2.59. The van der Waals surface area contributed by atoms with Crippen molar-refractivity contribution in [3.63, 3.8) is 0 Å². The summed E-state index contributed by atoms with van der Waals surface area (Å²) in [6.45, 7) is 6.17. The molecule has 17 heavy (non-hydrogen) atoms. The van der Waals surface area contributed by atoms with Crippen molar-refractivity contribution < 1.29 is 0 Å². The zero-order valence-electron chi connectivity index (χ0n) is 10.2. The van der Waals surface area contributed by atoms with Crippen molar-refractivity contribution in [2.75, 3.05) is 5.32 Å². The predicted molar refractivity (Wildman–Crippen MR) is 72.1 cm³/mol. The molecular formula is C13H16ClN3. The van der Waals surface area contributed by atoms with Crippen LogP contribution in [0.25, 0.3) is 5.69 Å². The number of anilines is 1. The molecule has 1 aromatic carbocycles. The number of nitrogens with one attached hydrogen (secondary N) is 1. The van der Waals surface area contributed by atoms with Gasteiger partial charge in [-0.2, -0.15) is 0 Å². The van der Waals surface area contributed by atoms with Gasteiger partial charge in [-0.1, -0.05) is 11.6 Å². The Morgan fingerprint density at radius 3 is 2.47 bits per heavy atom. The molecule has 0 atom stereocenters. The Labute approximate surface area is 106 Å². The maximum atomic E-state index is 5.89. The molecule has 0 radical (unpaired) electrons.